The summed E-state index contributed by atoms with van der Waals surface area (Å²) in [7, 11) is 1.57. The molecule has 0 aliphatic carbocycles. The molecule has 2 aromatic carbocycles. The number of methoxy groups -OCH3 is 1. The molecule has 0 unspecified atom stereocenters. The van der Waals surface area contributed by atoms with Crippen molar-refractivity contribution >= 4 is 40.1 Å². The van der Waals surface area contributed by atoms with Gasteiger partial charge in [-0.05, 0) is 60.7 Å². The second-order valence-corrected chi connectivity index (χ2v) is 7.71. The zero-order valence-corrected chi connectivity index (χ0v) is 17.2. The second kappa shape index (κ2) is 7.56. The van der Waals surface area contributed by atoms with Crippen LogP contribution in [-0.4, -0.2) is 18.9 Å². The van der Waals surface area contributed by atoms with E-state index in [0.717, 1.165) is 16.0 Å². The zero-order valence-electron chi connectivity index (χ0n) is 16.4. The Kier molecular flexibility index (Phi) is 4.94. The number of amides is 2. The van der Waals surface area contributed by atoms with Gasteiger partial charge in [-0.25, -0.2) is 4.90 Å². The fourth-order valence-electron chi connectivity index (χ4n) is 3.28. The lowest BCUT2D eigenvalue weighted by Crippen LogP contribution is -2.32. The number of aryl methyl sites for hydroxylation is 2. The highest BCUT2D eigenvalue weighted by Crippen LogP contribution is 2.37. The quantitative estimate of drug-likeness (QED) is 0.623. The average Bonchev–Trinajstić information content (AvgIpc) is 3.32. The van der Waals surface area contributed by atoms with Gasteiger partial charge in [0.1, 0.15) is 11.4 Å². The molecule has 0 bridgehead atoms. The van der Waals surface area contributed by atoms with E-state index in [9.17, 15) is 9.59 Å². The number of nitrogens with zero attached hydrogens (tertiary/aromatic N) is 1. The number of ether oxygens (including phenoxy) is 1. The Morgan fingerprint density at radius 2 is 1.72 bits per heavy atom. The molecule has 2 amide bonds. The summed E-state index contributed by atoms with van der Waals surface area (Å²) in [6, 6.07) is 16.6. The lowest BCUT2D eigenvalue weighted by molar-refractivity contribution is -0.120. The van der Waals surface area contributed by atoms with Crippen molar-refractivity contribution in [3.8, 4) is 5.75 Å². The smallest absolute Gasteiger partial charge is 0.282 e. The molecule has 5 nitrogen and oxygen atoms in total. The monoisotopic (exact) mass is 404 g/mol. The number of carbonyl (C=O) groups is 2. The second-order valence-electron chi connectivity index (χ2n) is 6.77. The summed E-state index contributed by atoms with van der Waals surface area (Å²) >= 11 is 1.42. The molecule has 1 aliphatic rings. The van der Waals surface area contributed by atoms with E-state index in [-0.39, 0.29) is 17.5 Å². The topological polar surface area (TPSA) is 58.6 Å². The molecule has 6 heteroatoms. The number of benzene rings is 2. The summed E-state index contributed by atoms with van der Waals surface area (Å²) in [4.78, 5) is 28.7. The minimum Gasteiger partial charge on any atom is -0.495 e. The number of para-hydroxylation sites is 2. The Balaban J connectivity index is 1.82. The number of hydrogen-bond donors (Lipinski definition) is 1. The van der Waals surface area contributed by atoms with Crippen LogP contribution in [-0.2, 0) is 9.59 Å². The van der Waals surface area contributed by atoms with Crippen LogP contribution in [0.25, 0.3) is 5.57 Å². The minimum absolute atomic E-state index is 0.250. The molecular formula is C23H20N2O3S. The number of carbonyl (C=O) groups excluding carboxylic acids is 2. The molecule has 0 spiro atoms. The van der Waals surface area contributed by atoms with E-state index in [1.54, 1.807) is 19.2 Å². The van der Waals surface area contributed by atoms with Crippen LogP contribution in [0.1, 0.15) is 16.0 Å². The predicted molar refractivity (Wildman–Crippen MR) is 116 cm³/mol. The fraction of sp³-hybridized carbons (Fsp3) is 0.130. The molecule has 2 heterocycles. The maximum atomic E-state index is 13.4. The average molecular weight is 404 g/mol. The molecule has 0 radical (unpaired) electrons. The first-order chi connectivity index (χ1) is 14.0. The SMILES string of the molecule is COc1ccccc1NC1=C(c2cccs2)C(=O)N(c2ccc(C)c(C)c2)C1=O. The maximum absolute atomic E-state index is 13.4. The van der Waals surface area contributed by atoms with Crippen molar-refractivity contribution in [2.45, 2.75) is 13.8 Å². The molecule has 3 aromatic rings. The van der Waals surface area contributed by atoms with Gasteiger partial charge in [-0.1, -0.05) is 24.3 Å². The van der Waals surface area contributed by atoms with E-state index in [2.05, 4.69) is 5.32 Å². The van der Waals surface area contributed by atoms with Gasteiger partial charge in [0.15, 0.2) is 0 Å². The molecule has 0 fully saturated rings. The predicted octanol–water partition coefficient (Wildman–Crippen LogP) is 4.77. The van der Waals surface area contributed by atoms with Gasteiger partial charge in [0.05, 0.1) is 24.1 Å². The molecule has 1 aromatic heterocycles. The first kappa shape index (κ1) is 19.0. The Labute approximate surface area is 173 Å². The van der Waals surface area contributed by atoms with Gasteiger partial charge in [0.25, 0.3) is 11.8 Å². The third kappa shape index (κ3) is 3.32. The fourth-order valence-corrected chi connectivity index (χ4v) is 4.04. The van der Waals surface area contributed by atoms with Gasteiger partial charge in [0, 0.05) is 4.88 Å². The highest BCUT2D eigenvalue weighted by molar-refractivity contribution is 7.11. The van der Waals surface area contributed by atoms with E-state index in [1.165, 1.54) is 16.2 Å². The number of thiophene rings is 1. The van der Waals surface area contributed by atoms with E-state index in [1.807, 2.05) is 61.7 Å². The van der Waals surface area contributed by atoms with E-state index in [0.29, 0.717) is 22.7 Å². The Bertz CT molecular complexity index is 1130. The lowest BCUT2D eigenvalue weighted by Gasteiger charge is -2.17. The molecule has 0 saturated heterocycles. The van der Waals surface area contributed by atoms with Gasteiger partial charge in [-0.15, -0.1) is 11.3 Å². The van der Waals surface area contributed by atoms with E-state index in [4.69, 9.17) is 4.74 Å². The van der Waals surface area contributed by atoms with Gasteiger partial charge in [-0.2, -0.15) is 0 Å². The summed E-state index contributed by atoms with van der Waals surface area (Å²) in [5.74, 6) is -0.124. The van der Waals surface area contributed by atoms with Crippen molar-refractivity contribution in [1.29, 1.82) is 0 Å². The molecule has 1 N–H and O–H groups in total. The summed E-state index contributed by atoms with van der Waals surface area (Å²) in [5, 5.41) is 5.04. The summed E-state index contributed by atoms with van der Waals surface area (Å²) in [6.07, 6.45) is 0. The molecule has 0 saturated carbocycles. The number of anilines is 2. The van der Waals surface area contributed by atoms with Gasteiger partial charge in [-0.3, -0.25) is 9.59 Å². The molecule has 4 rings (SSSR count). The van der Waals surface area contributed by atoms with Crippen LogP contribution in [0.3, 0.4) is 0 Å². The van der Waals surface area contributed by atoms with Crippen LogP contribution in [0, 0.1) is 13.8 Å². The summed E-state index contributed by atoms with van der Waals surface area (Å²) in [6.45, 7) is 3.96. The highest BCUT2D eigenvalue weighted by Gasteiger charge is 2.41. The van der Waals surface area contributed by atoms with Crippen molar-refractivity contribution < 1.29 is 14.3 Å². The molecule has 1 aliphatic heterocycles. The van der Waals surface area contributed by atoms with Crippen LogP contribution < -0.4 is 15.0 Å². The van der Waals surface area contributed by atoms with Gasteiger partial charge >= 0.3 is 0 Å². The Hall–Kier alpha value is -3.38. The van der Waals surface area contributed by atoms with Crippen molar-refractivity contribution in [3.05, 3.63) is 81.7 Å². The lowest BCUT2D eigenvalue weighted by atomic mass is 10.1. The summed E-state index contributed by atoms with van der Waals surface area (Å²) < 4.78 is 5.39. The van der Waals surface area contributed by atoms with Gasteiger partial charge < -0.3 is 10.1 Å². The van der Waals surface area contributed by atoms with Crippen molar-refractivity contribution in [2.75, 3.05) is 17.3 Å². The van der Waals surface area contributed by atoms with Crippen LogP contribution in [0.4, 0.5) is 11.4 Å². The van der Waals surface area contributed by atoms with E-state index < -0.39 is 0 Å². The third-order valence-electron chi connectivity index (χ3n) is 4.97. The maximum Gasteiger partial charge on any atom is 0.282 e. The Morgan fingerprint density at radius 3 is 2.41 bits per heavy atom. The zero-order chi connectivity index (χ0) is 20.5. The number of nitrogens with one attached hydrogen (secondary N) is 1. The molecule has 146 valence electrons. The normalized spacial score (nSPS) is 14.0. The molecular weight excluding hydrogens is 384 g/mol. The minimum atomic E-state index is -0.382. The largest absolute Gasteiger partial charge is 0.495 e. The number of imide groups is 1. The molecule has 0 atom stereocenters. The van der Waals surface area contributed by atoms with Crippen LogP contribution in [0.5, 0.6) is 5.75 Å². The standard InChI is InChI=1S/C23H20N2O3S/c1-14-10-11-16(13-15(14)2)25-22(26)20(19-9-6-12-29-19)21(23(25)27)24-17-7-4-5-8-18(17)28-3/h4-13,24H,1-3H3. The van der Waals surface area contributed by atoms with Gasteiger partial charge in [0.2, 0.25) is 0 Å². The van der Waals surface area contributed by atoms with Crippen molar-refractivity contribution in [1.82, 2.24) is 0 Å². The Morgan fingerprint density at radius 1 is 0.931 bits per heavy atom. The van der Waals surface area contributed by atoms with Crippen molar-refractivity contribution in [3.63, 3.8) is 0 Å². The van der Waals surface area contributed by atoms with Crippen molar-refractivity contribution in [2.24, 2.45) is 0 Å². The van der Waals surface area contributed by atoms with Crippen LogP contribution in [0.2, 0.25) is 0 Å². The highest BCUT2D eigenvalue weighted by atomic mass is 32.1. The number of rotatable bonds is 5. The third-order valence-corrected chi connectivity index (χ3v) is 5.85. The van der Waals surface area contributed by atoms with Crippen LogP contribution in [0.15, 0.2) is 65.7 Å². The number of hydrogen-bond acceptors (Lipinski definition) is 5. The summed E-state index contributed by atoms with van der Waals surface area (Å²) in [5.41, 5.74) is 3.93. The first-order valence-electron chi connectivity index (χ1n) is 9.15. The van der Waals surface area contributed by atoms with E-state index >= 15 is 0 Å². The first-order valence-corrected chi connectivity index (χ1v) is 10.0. The molecule has 29 heavy (non-hydrogen) atoms. The van der Waals surface area contributed by atoms with Crippen LogP contribution >= 0.6 is 11.3 Å².